The van der Waals surface area contributed by atoms with E-state index in [9.17, 15) is 54.9 Å². The molecule has 0 radical (unpaired) electrons. The van der Waals surface area contributed by atoms with Crippen molar-refractivity contribution >= 4 is 58.5 Å². The largest absolute Gasteiger partial charge is 0.489 e. The van der Waals surface area contributed by atoms with Crippen molar-refractivity contribution in [1.29, 1.82) is 0 Å². The fourth-order valence-electron chi connectivity index (χ4n) is 10.4. The Bertz CT molecular complexity index is 3260. The molecule has 9 rings (SSSR count). The molecule has 85 heavy (non-hydrogen) atoms. The molecule has 15 atom stereocenters. The number of nitrogens with two attached hydrogens (primary N) is 2. The maximum atomic E-state index is 15.2. The molecule has 2 fully saturated rings. The molecule has 4 aliphatic heterocycles. The van der Waals surface area contributed by atoms with Crippen LogP contribution in [-0.4, -0.2) is 211 Å². The quantitative estimate of drug-likeness (QED) is 0.0466. The Kier molecular flexibility index (Phi) is 19.2. The number of rotatable bonds is 15. The highest BCUT2D eigenvalue weighted by molar-refractivity contribution is 5.98. The molecule has 18 N–H and O–H groups in total. The number of nitrogens with zero attached hydrogens (tertiary/aromatic N) is 4. The van der Waals surface area contributed by atoms with Crippen molar-refractivity contribution in [1.82, 2.24) is 47.1 Å². The van der Waals surface area contributed by atoms with Crippen molar-refractivity contribution in [3.63, 3.8) is 0 Å². The van der Waals surface area contributed by atoms with Crippen LogP contribution in [0.25, 0.3) is 22.6 Å². The molecule has 29 heteroatoms. The Hall–Kier alpha value is -8.81. The number of aromatic nitrogens is 1. The highest BCUT2D eigenvalue weighted by Crippen LogP contribution is 2.30. The molecule has 29 nitrogen and oxygen atoms in total. The van der Waals surface area contributed by atoms with Crippen molar-refractivity contribution in [3.8, 4) is 17.2 Å². The molecular weight excluding hydrogens is 1110 g/mol. The highest BCUT2D eigenvalue weighted by Gasteiger charge is 2.52. The van der Waals surface area contributed by atoms with Gasteiger partial charge in [0.1, 0.15) is 84.7 Å². The SMILES string of the molecule is CC(c1ccccc1)[C@@H]1NC(=O)CNC(=O)[C@H](CO)NC(=O)[C@@H](C(O)C2CN=C(N)N2[C@H]2O[C@H](CO)[C@@H](O)[C@H](O)[C@@H]2O)NC(=O)[C@H](C(O)C2CN=C(N)N2)NC(=O)[C@@H](Cc2ccc3oc(-c4ccc(OCc5ccccc5)cc4)nc3c2)NC1=O. The number of amides is 6. The number of hydrogen-bond acceptors (Lipinski definition) is 23. The molecule has 0 saturated carbocycles. The predicted molar refractivity (Wildman–Crippen MR) is 300 cm³/mol. The number of guanidine groups is 2. The fourth-order valence-corrected chi connectivity index (χ4v) is 10.4. The van der Waals surface area contributed by atoms with Crippen LogP contribution < -0.4 is 53.4 Å². The minimum atomic E-state index is -2.28. The number of aliphatic imine (C=N–C) groups is 2. The Labute approximate surface area is 484 Å². The summed E-state index contributed by atoms with van der Waals surface area (Å²) in [6.07, 6.45) is -13.6. The van der Waals surface area contributed by atoms with Gasteiger partial charge >= 0.3 is 0 Å². The molecule has 0 spiro atoms. The monoisotopic (exact) mass is 1180 g/mol. The molecule has 0 bridgehead atoms. The third kappa shape index (κ3) is 13.9. The second-order valence-corrected chi connectivity index (χ2v) is 20.9. The minimum absolute atomic E-state index is 0.147. The van der Waals surface area contributed by atoms with E-state index >= 15 is 9.59 Å². The van der Waals surface area contributed by atoms with Crippen molar-refractivity contribution in [2.45, 2.75) is 111 Å². The van der Waals surface area contributed by atoms with Gasteiger partial charge in [-0.3, -0.25) is 38.8 Å². The Morgan fingerprint density at radius 2 is 1.33 bits per heavy atom. The number of benzene rings is 4. The van der Waals surface area contributed by atoms with E-state index in [1.807, 2.05) is 30.3 Å². The van der Waals surface area contributed by atoms with Crippen LogP contribution in [0.1, 0.15) is 29.5 Å². The van der Waals surface area contributed by atoms with E-state index in [1.165, 1.54) is 0 Å². The standard InChI is InChI=1S/C56H67N13O16/c1-26(29-10-6-3-7-11-29)40-50(80)62-33(19-28-12-17-37-32(18-28)64-53(84-37)30-13-15-31(16-14-30)83-25-27-8-4-2-5-9-27)49(79)67-41(43(73)34-20-60-55(57)65-34)52(82)68-42(51(81)63-35(23-70)48(78)59-22-39(72)66-40)44(74)36-21-61-56(58)69(36)54-47(77)46(76)45(75)38(24-71)85-54/h2-18,26,33-36,38,40-47,54,70-71,73-77H,19-25H2,1H3,(H2,58,61)(H,59,78)(H,62,80)(H,63,81)(H,66,72)(H,67,79)(H,68,82)(H3,57,60,65)/t26?,33-,34?,35+,36?,38-,40+,41+,42-,43?,44?,45-,46+,47+,54+/m1/s1. The van der Waals surface area contributed by atoms with Crippen LogP contribution in [-0.2, 0) is 46.5 Å². The van der Waals surface area contributed by atoms with Gasteiger partial charge in [0, 0.05) is 17.9 Å². The summed E-state index contributed by atoms with van der Waals surface area (Å²) in [5, 5.41) is 94.7. The number of oxazole rings is 1. The van der Waals surface area contributed by atoms with Crippen LogP contribution in [0, 0.1) is 0 Å². The van der Waals surface area contributed by atoms with E-state index in [0.717, 1.165) is 10.5 Å². The topological polar surface area (TPSA) is 453 Å². The van der Waals surface area contributed by atoms with E-state index in [4.69, 9.17) is 30.3 Å². The molecule has 452 valence electrons. The molecule has 0 aliphatic carbocycles. The third-order valence-corrected chi connectivity index (χ3v) is 15.2. The maximum absolute atomic E-state index is 15.2. The van der Waals surface area contributed by atoms with Gasteiger partial charge in [0.25, 0.3) is 0 Å². The van der Waals surface area contributed by atoms with Gasteiger partial charge in [0.15, 0.2) is 23.7 Å². The maximum Gasteiger partial charge on any atom is 0.246 e. The number of hydrogen-bond donors (Lipinski definition) is 16. The van der Waals surface area contributed by atoms with Gasteiger partial charge in [0.05, 0.1) is 44.9 Å². The summed E-state index contributed by atoms with van der Waals surface area (Å²) in [6.45, 7) is -1.58. The molecular formula is C56H67N13O16. The molecule has 4 aromatic carbocycles. The van der Waals surface area contributed by atoms with Crippen LogP contribution in [0.2, 0.25) is 0 Å². The Morgan fingerprint density at radius 1 is 0.671 bits per heavy atom. The Morgan fingerprint density at radius 3 is 2.01 bits per heavy atom. The van der Waals surface area contributed by atoms with Crippen molar-refractivity contribution in [3.05, 3.63) is 120 Å². The number of aliphatic hydroxyl groups excluding tert-OH is 7. The van der Waals surface area contributed by atoms with E-state index in [-0.39, 0.29) is 24.8 Å². The van der Waals surface area contributed by atoms with Gasteiger partial charge in [-0.1, -0.05) is 73.7 Å². The zero-order chi connectivity index (χ0) is 60.6. The minimum Gasteiger partial charge on any atom is -0.489 e. The van der Waals surface area contributed by atoms with Crippen LogP contribution in [0.4, 0.5) is 0 Å². The summed E-state index contributed by atoms with van der Waals surface area (Å²) in [5.41, 5.74) is 15.4. The number of ether oxygens (including phenoxy) is 2. The van der Waals surface area contributed by atoms with Crippen LogP contribution in [0.5, 0.6) is 5.75 Å². The van der Waals surface area contributed by atoms with Gasteiger partial charge in [0.2, 0.25) is 41.3 Å². The highest BCUT2D eigenvalue weighted by atomic mass is 16.6. The van der Waals surface area contributed by atoms with E-state index in [2.05, 4.69) is 47.2 Å². The lowest BCUT2D eigenvalue weighted by molar-refractivity contribution is -0.260. The first-order valence-corrected chi connectivity index (χ1v) is 27.2. The number of carbonyl (C=O) groups excluding carboxylic acids is 6. The van der Waals surface area contributed by atoms with Crippen LogP contribution >= 0.6 is 0 Å². The molecule has 5 unspecified atom stereocenters. The first-order valence-electron chi connectivity index (χ1n) is 27.2. The summed E-state index contributed by atoms with van der Waals surface area (Å²) in [7, 11) is 0. The zero-order valence-electron chi connectivity index (χ0n) is 45.7. The van der Waals surface area contributed by atoms with Gasteiger partial charge in [-0.15, -0.1) is 0 Å². The van der Waals surface area contributed by atoms with E-state index < -0.39 is 159 Å². The summed E-state index contributed by atoms with van der Waals surface area (Å²) in [5.74, 6) is -7.40. The van der Waals surface area contributed by atoms with E-state index in [0.29, 0.717) is 40.1 Å². The smallest absolute Gasteiger partial charge is 0.246 e. The predicted octanol–water partition coefficient (Wildman–Crippen LogP) is -5.23. The molecule has 4 aliphatic rings. The number of aliphatic hydroxyl groups is 7. The average Bonchev–Trinajstić information content (AvgIpc) is 3.77. The van der Waals surface area contributed by atoms with Crippen LogP contribution in [0.3, 0.4) is 0 Å². The summed E-state index contributed by atoms with van der Waals surface area (Å²) < 4.78 is 17.8. The first-order chi connectivity index (χ1) is 40.8. The molecule has 1 aromatic heterocycles. The normalized spacial score (nSPS) is 28.4. The molecule has 2 saturated heterocycles. The molecule has 6 amide bonds. The lowest BCUT2D eigenvalue weighted by Crippen LogP contribution is -2.70. The van der Waals surface area contributed by atoms with Gasteiger partial charge in [-0.2, -0.15) is 0 Å². The third-order valence-electron chi connectivity index (χ3n) is 15.2. The summed E-state index contributed by atoms with van der Waals surface area (Å²) in [6, 6.07) is 17.9. The van der Waals surface area contributed by atoms with E-state index in [1.54, 1.807) is 79.7 Å². The van der Waals surface area contributed by atoms with Gasteiger partial charge in [-0.25, -0.2) is 4.98 Å². The lowest BCUT2D eigenvalue weighted by atomic mass is 9.92. The zero-order valence-corrected chi connectivity index (χ0v) is 45.7. The lowest BCUT2D eigenvalue weighted by Gasteiger charge is -2.46. The number of carbonyl (C=O) groups is 6. The summed E-state index contributed by atoms with van der Waals surface area (Å²) in [4.78, 5) is 101. The number of fused-ring (bicyclic) bond motifs is 1. The van der Waals surface area contributed by atoms with Crippen LogP contribution in [0.15, 0.2) is 118 Å². The summed E-state index contributed by atoms with van der Waals surface area (Å²) >= 11 is 0. The number of nitrogens with one attached hydrogen (secondary N) is 7. The van der Waals surface area contributed by atoms with Crippen molar-refractivity contribution in [2.75, 3.05) is 32.8 Å². The molecule has 5 heterocycles. The van der Waals surface area contributed by atoms with Gasteiger partial charge in [-0.05, 0) is 53.1 Å². The average molecular weight is 1180 g/mol. The fraction of sp³-hybridized carbons (Fsp3) is 0.411. The van der Waals surface area contributed by atoms with Crippen molar-refractivity contribution in [2.24, 2.45) is 21.5 Å². The second kappa shape index (κ2) is 26.8. The van der Waals surface area contributed by atoms with Gasteiger partial charge < -0.3 is 103 Å². The molecule has 5 aromatic rings. The Balaban J connectivity index is 1.06. The first kappa shape index (κ1) is 60.8. The second-order valence-electron chi connectivity index (χ2n) is 20.9. The van der Waals surface area contributed by atoms with Crippen molar-refractivity contribution < 1.29 is 78.4 Å².